The Morgan fingerprint density at radius 1 is 1.53 bits per heavy atom. The van der Waals surface area contributed by atoms with E-state index < -0.39 is 6.04 Å². The van der Waals surface area contributed by atoms with E-state index in [9.17, 15) is 9.59 Å². The number of rotatable bonds is 7. The zero-order valence-electron chi connectivity index (χ0n) is 11.3. The number of carbonyl (C=O) groups excluding carboxylic acids is 2. The summed E-state index contributed by atoms with van der Waals surface area (Å²) >= 11 is 0. The fourth-order valence-electron chi connectivity index (χ4n) is 1.50. The molecule has 0 aliphatic carbocycles. The van der Waals surface area contributed by atoms with Gasteiger partial charge in [0, 0.05) is 25.2 Å². The van der Waals surface area contributed by atoms with Crippen molar-refractivity contribution < 1.29 is 9.59 Å². The van der Waals surface area contributed by atoms with Gasteiger partial charge in [-0.25, -0.2) is 0 Å². The molecule has 2 unspecified atom stereocenters. The molecule has 0 aliphatic rings. The number of nitrogens with one attached hydrogen (secondary N) is 1. The third-order valence-electron chi connectivity index (χ3n) is 3.04. The van der Waals surface area contributed by atoms with Crippen molar-refractivity contribution in [1.29, 1.82) is 0 Å². The molecular formula is C12H21N5O2. The number of carbonyl (C=O) groups is 2. The number of nitrogens with zero attached hydrogens (tertiary/aromatic N) is 2. The summed E-state index contributed by atoms with van der Waals surface area (Å²) in [6, 6.07) is 1.10. The van der Waals surface area contributed by atoms with Crippen molar-refractivity contribution in [1.82, 2.24) is 9.78 Å². The van der Waals surface area contributed by atoms with Crippen LogP contribution in [-0.2, 0) is 16.1 Å². The van der Waals surface area contributed by atoms with Gasteiger partial charge in [0.1, 0.15) is 0 Å². The predicted molar refractivity (Wildman–Crippen MR) is 72.1 cm³/mol. The standard InChI is InChI=1S/C12H21N5O2/c1-3-8(2)11(14)12(19)15-10-5-7-17(16-10)6-4-9(13)18/h5,7-8,11H,3-4,6,14H2,1-2H3,(H2,13,18)(H,15,16,19). The molecule has 1 heterocycles. The van der Waals surface area contributed by atoms with E-state index in [1.54, 1.807) is 16.9 Å². The molecule has 19 heavy (non-hydrogen) atoms. The van der Waals surface area contributed by atoms with Crippen LogP contribution in [0.25, 0.3) is 0 Å². The van der Waals surface area contributed by atoms with E-state index in [0.717, 1.165) is 6.42 Å². The second-order valence-electron chi connectivity index (χ2n) is 4.58. The lowest BCUT2D eigenvalue weighted by Gasteiger charge is -2.16. The Hall–Kier alpha value is -1.89. The molecule has 0 radical (unpaired) electrons. The molecule has 1 aromatic heterocycles. The first-order valence-electron chi connectivity index (χ1n) is 6.32. The highest BCUT2D eigenvalue weighted by atomic mass is 16.2. The second kappa shape index (κ2) is 6.89. The van der Waals surface area contributed by atoms with Crippen molar-refractivity contribution >= 4 is 17.6 Å². The lowest BCUT2D eigenvalue weighted by Crippen LogP contribution is -2.40. The highest BCUT2D eigenvalue weighted by Crippen LogP contribution is 2.09. The van der Waals surface area contributed by atoms with Crippen molar-refractivity contribution in [2.24, 2.45) is 17.4 Å². The van der Waals surface area contributed by atoms with Gasteiger partial charge in [-0.3, -0.25) is 14.3 Å². The van der Waals surface area contributed by atoms with Crippen LogP contribution in [0.15, 0.2) is 12.3 Å². The molecule has 0 aromatic carbocycles. The maximum atomic E-state index is 11.8. The summed E-state index contributed by atoms with van der Waals surface area (Å²) in [7, 11) is 0. The minimum absolute atomic E-state index is 0.108. The van der Waals surface area contributed by atoms with Crippen molar-refractivity contribution in [3.8, 4) is 0 Å². The molecule has 2 atom stereocenters. The Bertz CT molecular complexity index is 443. The third kappa shape index (κ3) is 4.70. The van der Waals surface area contributed by atoms with E-state index in [1.807, 2.05) is 13.8 Å². The summed E-state index contributed by atoms with van der Waals surface area (Å²) in [6.45, 7) is 4.30. The van der Waals surface area contributed by atoms with E-state index in [2.05, 4.69) is 10.4 Å². The van der Waals surface area contributed by atoms with E-state index >= 15 is 0 Å². The van der Waals surface area contributed by atoms with Gasteiger partial charge in [0.15, 0.2) is 5.82 Å². The molecule has 0 aliphatic heterocycles. The van der Waals surface area contributed by atoms with Crippen molar-refractivity contribution in [3.63, 3.8) is 0 Å². The van der Waals surface area contributed by atoms with Gasteiger partial charge in [-0.15, -0.1) is 0 Å². The normalized spacial score (nSPS) is 13.8. The van der Waals surface area contributed by atoms with Gasteiger partial charge < -0.3 is 16.8 Å². The molecule has 0 saturated heterocycles. The molecule has 7 nitrogen and oxygen atoms in total. The molecule has 0 fully saturated rings. The summed E-state index contributed by atoms with van der Waals surface area (Å²) in [6.07, 6.45) is 2.72. The summed E-state index contributed by atoms with van der Waals surface area (Å²) in [4.78, 5) is 22.5. The summed E-state index contributed by atoms with van der Waals surface area (Å²) in [5.41, 5.74) is 10.9. The number of aromatic nitrogens is 2. The van der Waals surface area contributed by atoms with Crippen molar-refractivity contribution in [2.75, 3.05) is 5.32 Å². The van der Waals surface area contributed by atoms with Gasteiger partial charge in [0.05, 0.1) is 6.04 Å². The number of anilines is 1. The van der Waals surface area contributed by atoms with Gasteiger partial charge in [0.2, 0.25) is 11.8 Å². The largest absolute Gasteiger partial charge is 0.370 e. The molecule has 5 N–H and O–H groups in total. The highest BCUT2D eigenvalue weighted by Gasteiger charge is 2.19. The number of nitrogens with two attached hydrogens (primary N) is 2. The van der Waals surface area contributed by atoms with Crippen LogP contribution in [0.4, 0.5) is 5.82 Å². The number of hydrogen-bond donors (Lipinski definition) is 3. The molecule has 1 aromatic rings. The van der Waals surface area contributed by atoms with Gasteiger partial charge in [-0.05, 0) is 5.92 Å². The van der Waals surface area contributed by atoms with Crippen LogP contribution >= 0.6 is 0 Å². The van der Waals surface area contributed by atoms with Gasteiger partial charge in [0.25, 0.3) is 0 Å². The fraction of sp³-hybridized carbons (Fsp3) is 0.583. The molecule has 0 spiro atoms. The van der Waals surface area contributed by atoms with E-state index in [4.69, 9.17) is 11.5 Å². The van der Waals surface area contributed by atoms with Crippen LogP contribution < -0.4 is 16.8 Å². The zero-order chi connectivity index (χ0) is 14.4. The average Bonchev–Trinajstić information content (AvgIpc) is 2.82. The van der Waals surface area contributed by atoms with Gasteiger partial charge >= 0.3 is 0 Å². The lowest BCUT2D eigenvalue weighted by molar-refractivity contribution is -0.119. The van der Waals surface area contributed by atoms with Crippen molar-refractivity contribution in [2.45, 2.75) is 39.3 Å². The monoisotopic (exact) mass is 267 g/mol. The smallest absolute Gasteiger partial charge is 0.242 e. The van der Waals surface area contributed by atoms with Crippen LogP contribution in [0.2, 0.25) is 0 Å². The summed E-state index contributed by atoms with van der Waals surface area (Å²) in [5, 5.41) is 6.76. The lowest BCUT2D eigenvalue weighted by atomic mass is 9.99. The van der Waals surface area contributed by atoms with Crippen LogP contribution in [0.1, 0.15) is 26.7 Å². The number of primary amides is 1. The maximum absolute atomic E-state index is 11.8. The van der Waals surface area contributed by atoms with E-state index in [1.165, 1.54) is 0 Å². The zero-order valence-corrected chi connectivity index (χ0v) is 11.3. The average molecular weight is 267 g/mol. The minimum atomic E-state index is -0.555. The Kier molecular flexibility index (Phi) is 5.50. The maximum Gasteiger partial charge on any atom is 0.242 e. The Labute approximate surface area is 112 Å². The van der Waals surface area contributed by atoms with Crippen LogP contribution in [-0.4, -0.2) is 27.6 Å². The quantitative estimate of drug-likeness (QED) is 0.648. The first-order chi connectivity index (χ1) is 8.93. The first-order valence-corrected chi connectivity index (χ1v) is 6.32. The third-order valence-corrected chi connectivity index (χ3v) is 3.04. The molecule has 0 saturated carbocycles. The number of amides is 2. The van der Waals surface area contributed by atoms with E-state index in [0.29, 0.717) is 12.4 Å². The molecule has 2 amide bonds. The van der Waals surface area contributed by atoms with Gasteiger partial charge in [-0.2, -0.15) is 5.10 Å². The van der Waals surface area contributed by atoms with Crippen LogP contribution in [0.5, 0.6) is 0 Å². The Balaban J connectivity index is 2.53. The first kappa shape index (κ1) is 15.2. The minimum Gasteiger partial charge on any atom is -0.370 e. The van der Waals surface area contributed by atoms with Crippen LogP contribution in [0.3, 0.4) is 0 Å². The van der Waals surface area contributed by atoms with Crippen molar-refractivity contribution in [3.05, 3.63) is 12.3 Å². The second-order valence-corrected chi connectivity index (χ2v) is 4.58. The fourth-order valence-corrected chi connectivity index (χ4v) is 1.50. The Morgan fingerprint density at radius 2 is 2.21 bits per heavy atom. The van der Waals surface area contributed by atoms with Gasteiger partial charge in [-0.1, -0.05) is 20.3 Å². The Morgan fingerprint density at radius 3 is 2.79 bits per heavy atom. The summed E-state index contributed by atoms with van der Waals surface area (Å²) in [5.74, 6) is -0.112. The topological polar surface area (TPSA) is 116 Å². The highest BCUT2D eigenvalue weighted by molar-refractivity contribution is 5.94. The predicted octanol–water partition coefficient (Wildman–Crippen LogP) is 0.0704. The molecule has 1 rings (SSSR count). The number of aryl methyl sites for hydroxylation is 1. The molecular weight excluding hydrogens is 246 g/mol. The SMILES string of the molecule is CCC(C)C(N)C(=O)Nc1ccn(CCC(N)=O)n1. The summed E-state index contributed by atoms with van der Waals surface area (Å²) < 4.78 is 1.55. The van der Waals surface area contributed by atoms with Crippen LogP contribution in [0, 0.1) is 5.92 Å². The van der Waals surface area contributed by atoms with E-state index in [-0.39, 0.29) is 24.2 Å². The molecule has 0 bridgehead atoms. The number of hydrogen-bond acceptors (Lipinski definition) is 4. The molecule has 7 heteroatoms. The molecule has 106 valence electrons.